The quantitative estimate of drug-likeness (QED) is 0.684. The van der Waals surface area contributed by atoms with Gasteiger partial charge in [-0.3, -0.25) is 0 Å². The van der Waals surface area contributed by atoms with E-state index in [4.69, 9.17) is 16.3 Å². The average Bonchev–Trinajstić information content (AvgIpc) is 2.60. The number of benzene rings is 1. The summed E-state index contributed by atoms with van der Waals surface area (Å²) in [6, 6.07) is 3.93. The lowest BCUT2D eigenvalue weighted by molar-refractivity contribution is 0.0577. The van der Waals surface area contributed by atoms with Gasteiger partial charge in [0.2, 0.25) is 10.0 Å². The average molecular weight is 391 g/mol. The minimum atomic E-state index is -3.82. The molecular weight excluding hydrogens is 368 g/mol. The molecule has 0 amide bonds. The molecule has 1 aliphatic rings. The second-order valence-electron chi connectivity index (χ2n) is 6.17. The summed E-state index contributed by atoms with van der Waals surface area (Å²) < 4.78 is 37.9. The van der Waals surface area contributed by atoms with Crippen molar-refractivity contribution < 1.29 is 22.7 Å². The first kappa shape index (κ1) is 20.1. The number of hydrogen-bond acceptors (Lipinski definition) is 6. The predicted octanol–water partition coefficient (Wildman–Crippen LogP) is 1.42. The van der Waals surface area contributed by atoms with Gasteiger partial charge in [-0.15, -0.1) is 0 Å². The number of hydrogen-bond donors (Lipinski definition) is 2. The minimum Gasteiger partial charge on any atom is -0.465 e. The molecule has 9 heteroatoms. The van der Waals surface area contributed by atoms with Gasteiger partial charge >= 0.3 is 5.97 Å². The van der Waals surface area contributed by atoms with E-state index in [-0.39, 0.29) is 27.4 Å². The Morgan fingerprint density at radius 2 is 1.96 bits per heavy atom. The normalized spacial score (nSPS) is 17.2. The molecule has 1 saturated heterocycles. The van der Waals surface area contributed by atoms with Crippen LogP contribution in [0.1, 0.15) is 23.2 Å². The number of sulfonamides is 1. The number of esters is 1. The minimum absolute atomic E-state index is 0.0677. The third-order valence-electron chi connectivity index (χ3n) is 4.35. The Balaban J connectivity index is 2.21. The van der Waals surface area contributed by atoms with E-state index < -0.39 is 16.0 Å². The van der Waals surface area contributed by atoms with Crippen LogP contribution < -0.4 is 10.0 Å². The Labute approximate surface area is 153 Å². The SMILES string of the molecule is COCC1(CNS(=O)(=O)c2cc(Cl)cc(C(=O)OC)c2)CCNCC1. The Morgan fingerprint density at radius 1 is 1.28 bits per heavy atom. The van der Waals surface area contributed by atoms with Gasteiger partial charge in [-0.25, -0.2) is 17.9 Å². The fourth-order valence-electron chi connectivity index (χ4n) is 2.92. The zero-order chi connectivity index (χ0) is 18.5. The van der Waals surface area contributed by atoms with E-state index in [1.54, 1.807) is 7.11 Å². The number of rotatable bonds is 7. The highest BCUT2D eigenvalue weighted by molar-refractivity contribution is 7.89. The third kappa shape index (κ3) is 5.15. The summed E-state index contributed by atoms with van der Waals surface area (Å²) in [5.41, 5.74) is -0.166. The standard InChI is InChI=1S/C16H23ClN2O5S/c1-23-11-16(3-5-18-6-4-16)10-19-25(21,22)14-8-12(15(20)24-2)7-13(17)9-14/h7-9,18-19H,3-6,10-11H2,1-2H3. The number of piperidine rings is 1. The van der Waals surface area contributed by atoms with Crippen LogP contribution in [-0.4, -0.2) is 54.8 Å². The number of halogens is 1. The van der Waals surface area contributed by atoms with Gasteiger partial charge in [0.15, 0.2) is 0 Å². The first-order valence-electron chi connectivity index (χ1n) is 7.90. The Bertz CT molecular complexity index is 712. The molecule has 0 aliphatic carbocycles. The van der Waals surface area contributed by atoms with E-state index >= 15 is 0 Å². The maximum atomic E-state index is 12.7. The molecule has 0 saturated carbocycles. The maximum absolute atomic E-state index is 12.7. The fourth-order valence-corrected chi connectivity index (χ4v) is 4.45. The second kappa shape index (κ2) is 8.46. The molecule has 0 bridgehead atoms. The van der Waals surface area contributed by atoms with Crippen molar-refractivity contribution in [1.82, 2.24) is 10.0 Å². The van der Waals surface area contributed by atoms with Crippen LogP contribution in [0.4, 0.5) is 0 Å². The molecule has 1 fully saturated rings. The first-order valence-corrected chi connectivity index (χ1v) is 9.76. The zero-order valence-corrected chi connectivity index (χ0v) is 15.9. The van der Waals surface area contributed by atoms with Gasteiger partial charge in [0.1, 0.15) is 0 Å². The molecule has 2 N–H and O–H groups in total. The van der Waals surface area contributed by atoms with Crippen molar-refractivity contribution in [2.24, 2.45) is 5.41 Å². The molecule has 25 heavy (non-hydrogen) atoms. The number of carbonyl (C=O) groups is 1. The van der Waals surface area contributed by atoms with E-state index in [0.29, 0.717) is 6.61 Å². The van der Waals surface area contributed by atoms with Crippen LogP contribution >= 0.6 is 11.6 Å². The second-order valence-corrected chi connectivity index (χ2v) is 8.38. The van der Waals surface area contributed by atoms with Crippen molar-refractivity contribution in [1.29, 1.82) is 0 Å². The van der Waals surface area contributed by atoms with Crippen molar-refractivity contribution in [2.75, 3.05) is 40.5 Å². The number of nitrogens with one attached hydrogen (secondary N) is 2. The van der Waals surface area contributed by atoms with Gasteiger partial charge in [0.25, 0.3) is 0 Å². The third-order valence-corrected chi connectivity index (χ3v) is 5.95. The first-order chi connectivity index (χ1) is 11.8. The lowest BCUT2D eigenvalue weighted by Gasteiger charge is -2.37. The molecule has 0 atom stereocenters. The molecule has 0 spiro atoms. The summed E-state index contributed by atoms with van der Waals surface area (Å²) in [5, 5.41) is 3.41. The van der Waals surface area contributed by atoms with Crippen LogP contribution in [0, 0.1) is 5.41 Å². The monoisotopic (exact) mass is 390 g/mol. The van der Waals surface area contributed by atoms with Gasteiger partial charge in [-0.1, -0.05) is 11.6 Å². The van der Waals surface area contributed by atoms with Crippen LogP contribution in [-0.2, 0) is 19.5 Å². The molecule has 1 heterocycles. The van der Waals surface area contributed by atoms with Crippen molar-refractivity contribution in [2.45, 2.75) is 17.7 Å². The fraction of sp³-hybridized carbons (Fsp3) is 0.562. The Morgan fingerprint density at radius 3 is 2.56 bits per heavy atom. The van der Waals surface area contributed by atoms with Crippen LogP contribution in [0.25, 0.3) is 0 Å². The Kier molecular flexibility index (Phi) is 6.81. The summed E-state index contributed by atoms with van der Waals surface area (Å²) in [4.78, 5) is 11.6. The molecule has 1 aromatic carbocycles. The number of ether oxygens (including phenoxy) is 2. The summed E-state index contributed by atoms with van der Waals surface area (Å²) >= 11 is 5.95. The lowest BCUT2D eigenvalue weighted by Crippen LogP contribution is -2.47. The molecule has 0 aromatic heterocycles. The highest BCUT2D eigenvalue weighted by atomic mass is 35.5. The van der Waals surface area contributed by atoms with E-state index in [2.05, 4.69) is 14.8 Å². The largest absolute Gasteiger partial charge is 0.465 e. The topological polar surface area (TPSA) is 93.7 Å². The smallest absolute Gasteiger partial charge is 0.337 e. The number of carbonyl (C=O) groups excluding carboxylic acids is 1. The Hall–Kier alpha value is -1.19. The highest BCUT2D eigenvalue weighted by Gasteiger charge is 2.33. The van der Waals surface area contributed by atoms with Crippen LogP contribution in [0.2, 0.25) is 5.02 Å². The van der Waals surface area contributed by atoms with Gasteiger partial charge in [-0.05, 0) is 44.1 Å². The van der Waals surface area contributed by atoms with E-state index in [0.717, 1.165) is 25.9 Å². The van der Waals surface area contributed by atoms with Crippen LogP contribution in [0.5, 0.6) is 0 Å². The van der Waals surface area contributed by atoms with Crippen molar-refractivity contribution in [3.63, 3.8) is 0 Å². The van der Waals surface area contributed by atoms with Gasteiger partial charge in [0, 0.05) is 24.1 Å². The van der Waals surface area contributed by atoms with Crippen LogP contribution in [0.3, 0.4) is 0 Å². The molecule has 7 nitrogen and oxygen atoms in total. The number of methoxy groups -OCH3 is 2. The predicted molar refractivity (Wildman–Crippen MR) is 94.4 cm³/mol. The van der Waals surface area contributed by atoms with Crippen molar-refractivity contribution in [3.8, 4) is 0 Å². The maximum Gasteiger partial charge on any atom is 0.337 e. The summed E-state index contributed by atoms with van der Waals surface area (Å²) in [5.74, 6) is -0.645. The molecule has 140 valence electrons. The lowest BCUT2D eigenvalue weighted by atomic mass is 9.80. The van der Waals surface area contributed by atoms with E-state index in [1.165, 1.54) is 25.3 Å². The molecular formula is C16H23ClN2O5S. The molecule has 0 radical (unpaired) electrons. The molecule has 1 aliphatic heterocycles. The van der Waals surface area contributed by atoms with Gasteiger partial charge < -0.3 is 14.8 Å². The van der Waals surface area contributed by atoms with Gasteiger partial charge in [-0.2, -0.15) is 0 Å². The highest BCUT2D eigenvalue weighted by Crippen LogP contribution is 2.29. The van der Waals surface area contributed by atoms with Crippen LogP contribution in [0.15, 0.2) is 23.1 Å². The van der Waals surface area contributed by atoms with E-state index in [1.807, 2.05) is 0 Å². The molecule has 0 unspecified atom stereocenters. The molecule has 2 rings (SSSR count). The van der Waals surface area contributed by atoms with Crippen molar-refractivity contribution >= 4 is 27.6 Å². The van der Waals surface area contributed by atoms with E-state index in [9.17, 15) is 13.2 Å². The summed E-state index contributed by atoms with van der Waals surface area (Å²) in [6.07, 6.45) is 1.62. The summed E-state index contributed by atoms with van der Waals surface area (Å²) in [7, 11) is -0.989. The zero-order valence-electron chi connectivity index (χ0n) is 14.3. The molecule has 1 aromatic rings. The van der Waals surface area contributed by atoms with Gasteiger partial charge in [0.05, 0.1) is 24.2 Å². The van der Waals surface area contributed by atoms with Crippen molar-refractivity contribution in [3.05, 3.63) is 28.8 Å². The summed E-state index contributed by atoms with van der Waals surface area (Å²) in [6.45, 7) is 2.36.